The molecule has 13 heavy (non-hydrogen) atoms. The van der Waals surface area contributed by atoms with E-state index in [0.29, 0.717) is 11.8 Å². The van der Waals surface area contributed by atoms with E-state index in [-0.39, 0.29) is 16.9 Å². The topological polar surface area (TPSA) is 43.1 Å². The van der Waals surface area contributed by atoms with Gasteiger partial charge < -0.3 is 0 Å². The Bertz CT molecular complexity index is 249. The molecule has 0 bridgehead atoms. The van der Waals surface area contributed by atoms with Crippen LogP contribution in [0.1, 0.15) is 26.2 Å². The van der Waals surface area contributed by atoms with Gasteiger partial charge in [-0.3, -0.25) is 10.1 Å². The van der Waals surface area contributed by atoms with E-state index >= 15 is 0 Å². The molecule has 0 aromatic carbocycles. The number of rotatable bonds is 1. The molecule has 0 heterocycles. The molecule has 2 rings (SSSR count). The van der Waals surface area contributed by atoms with Crippen LogP contribution in [0.5, 0.6) is 0 Å². The van der Waals surface area contributed by atoms with Crippen molar-refractivity contribution in [1.29, 1.82) is 0 Å². The summed E-state index contributed by atoms with van der Waals surface area (Å²) in [7, 11) is 0. The molecule has 3 heteroatoms. The van der Waals surface area contributed by atoms with E-state index in [9.17, 15) is 10.1 Å². The summed E-state index contributed by atoms with van der Waals surface area (Å²) in [4.78, 5) is 10.8. The van der Waals surface area contributed by atoms with Crippen LogP contribution in [-0.4, -0.2) is 11.0 Å². The van der Waals surface area contributed by atoms with Crippen molar-refractivity contribution in [2.45, 2.75) is 32.2 Å². The second-order valence-corrected chi connectivity index (χ2v) is 4.28. The molecule has 72 valence electrons. The average Bonchev–Trinajstić information content (AvgIpc) is 2.50. The molecule has 0 unspecified atom stereocenters. The number of allylic oxidation sites excluding steroid dienone is 1. The van der Waals surface area contributed by atoms with Crippen molar-refractivity contribution in [3.05, 3.63) is 22.3 Å². The first-order chi connectivity index (χ1) is 6.20. The first-order valence-electron chi connectivity index (χ1n) is 5.02. The summed E-state index contributed by atoms with van der Waals surface area (Å²) in [6, 6.07) is -0.322. The Labute approximate surface area is 78.0 Å². The quantitative estimate of drug-likeness (QED) is 0.354. The van der Waals surface area contributed by atoms with Gasteiger partial charge in [0.1, 0.15) is 0 Å². The third kappa shape index (κ3) is 1.36. The fraction of sp³-hybridized carbons (Fsp3) is 0.800. The molecular weight excluding hydrogens is 166 g/mol. The molecule has 0 saturated heterocycles. The largest absolute Gasteiger partial charge is 0.264 e. The third-order valence-corrected chi connectivity index (χ3v) is 3.51. The van der Waals surface area contributed by atoms with Gasteiger partial charge in [0.15, 0.2) is 0 Å². The summed E-state index contributed by atoms with van der Waals surface area (Å²) in [5, 5.41) is 10.9. The molecule has 0 spiro atoms. The molecule has 3 nitrogen and oxygen atoms in total. The Morgan fingerprint density at radius 3 is 2.85 bits per heavy atom. The Morgan fingerprint density at radius 2 is 2.15 bits per heavy atom. The Hall–Kier alpha value is -0.860. The predicted molar refractivity (Wildman–Crippen MR) is 49.9 cm³/mol. The fourth-order valence-electron chi connectivity index (χ4n) is 2.85. The van der Waals surface area contributed by atoms with E-state index in [4.69, 9.17) is 0 Å². The Kier molecular flexibility index (Phi) is 2.10. The van der Waals surface area contributed by atoms with Gasteiger partial charge in [0.25, 0.3) is 0 Å². The molecule has 0 aliphatic heterocycles. The van der Waals surface area contributed by atoms with E-state index in [1.165, 1.54) is 0 Å². The van der Waals surface area contributed by atoms with Gasteiger partial charge in [0.2, 0.25) is 6.04 Å². The van der Waals surface area contributed by atoms with Crippen LogP contribution in [0.2, 0.25) is 0 Å². The summed E-state index contributed by atoms with van der Waals surface area (Å²) >= 11 is 0. The van der Waals surface area contributed by atoms with Crippen LogP contribution in [0.15, 0.2) is 12.2 Å². The van der Waals surface area contributed by atoms with E-state index in [0.717, 1.165) is 19.3 Å². The van der Waals surface area contributed by atoms with E-state index in [1.54, 1.807) is 0 Å². The van der Waals surface area contributed by atoms with Crippen molar-refractivity contribution in [2.24, 2.45) is 17.8 Å². The van der Waals surface area contributed by atoms with Crippen molar-refractivity contribution in [3.8, 4) is 0 Å². The van der Waals surface area contributed by atoms with Crippen LogP contribution in [0.3, 0.4) is 0 Å². The summed E-state index contributed by atoms with van der Waals surface area (Å²) in [6.07, 6.45) is 7.59. The van der Waals surface area contributed by atoms with Gasteiger partial charge in [0.05, 0.1) is 0 Å². The van der Waals surface area contributed by atoms with Gasteiger partial charge in [0, 0.05) is 16.8 Å². The molecule has 0 aromatic rings. The highest BCUT2D eigenvalue weighted by Crippen LogP contribution is 2.41. The summed E-state index contributed by atoms with van der Waals surface area (Å²) < 4.78 is 0. The predicted octanol–water partition coefficient (Wildman–Crippen LogP) is 2.25. The second-order valence-electron chi connectivity index (χ2n) is 4.28. The number of hydrogen-bond donors (Lipinski definition) is 0. The minimum Gasteiger partial charge on any atom is -0.264 e. The summed E-state index contributed by atoms with van der Waals surface area (Å²) in [5.74, 6) is 0.927. The third-order valence-electron chi connectivity index (χ3n) is 3.51. The zero-order valence-electron chi connectivity index (χ0n) is 7.85. The number of nitro groups is 1. The molecule has 0 aromatic heterocycles. The maximum atomic E-state index is 10.9. The highest BCUT2D eigenvalue weighted by molar-refractivity contribution is 5.06. The molecule has 0 radical (unpaired) electrons. The first kappa shape index (κ1) is 8.73. The van der Waals surface area contributed by atoms with Crippen LogP contribution in [-0.2, 0) is 0 Å². The van der Waals surface area contributed by atoms with Crippen molar-refractivity contribution in [1.82, 2.24) is 0 Å². The maximum absolute atomic E-state index is 10.9. The number of hydrogen-bond acceptors (Lipinski definition) is 2. The monoisotopic (exact) mass is 181 g/mol. The number of nitrogens with zero attached hydrogens (tertiary/aromatic N) is 1. The van der Waals surface area contributed by atoms with Crippen LogP contribution >= 0.6 is 0 Å². The molecule has 0 amide bonds. The lowest BCUT2D eigenvalue weighted by molar-refractivity contribution is -0.540. The molecule has 1 fully saturated rings. The Morgan fingerprint density at radius 1 is 1.38 bits per heavy atom. The van der Waals surface area contributed by atoms with Crippen LogP contribution in [0.25, 0.3) is 0 Å². The normalized spacial score (nSPS) is 43.2. The lowest BCUT2D eigenvalue weighted by atomic mass is 9.78. The van der Waals surface area contributed by atoms with Crippen LogP contribution in [0.4, 0.5) is 0 Å². The molecular formula is C10H15NO2. The highest BCUT2D eigenvalue weighted by Gasteiger charge is 2.44. The van der Waals surface area contributed by atoms with E-state index in [1.807, 2.05) is 13.0 Å². The van der Waals surface area contributed by atoms with Crippen LogP contribution < -0.4 is 0 Å². The molecule has 4 atom stereocenters. The van der Waals surface area contributed by atoms with E-state index < -0.39 is 0 Å². The van der Waals surface area contributed by atoms with Crippen molar-refractivity contribution in [2.75, 3.05) is 0 Å². The van der Waals surface area contributed by atoms with Gasteiger partial charge in [-0.2, -0.15) is 0 Å². The standard InChI is InChI=1S/C10H15NO2/c1-7-5-6-8-3-2-4-9(8)10(7)11(12)13/h5-10H,2-4H2,1H3/t7-,8+,9-,10-/m0/s1. The highest BCUT2D eigenvalue weighted by atomic mass is 16.6. The van der Waals surface area contributed by atoms with Gasteiger partial charge in [-0.25, -0.2) is 0 Å². The first-order valence-corrected chi connectivity index (χ1v) is 5.02. The number of fused-ring (bicyclic) bond motifs is 1. The lowest BCUT2D eigenvalue weighted by Gasteiger charge is -2.27. The maximum Gasteiger partial charge on any atom is 0.222 e. The van der Waals surface area contributed by atoms with Gasteiger partial charge in [-0.1, -0.05) is 25.5 Å². The van der Waals surface area contributed by atoms with E-state index in [2.05, 4.69) is 6.08 Å². The zero-order chi connectivity index (χ0) is 9.42. The SMILES string of the molecule is C[C@H]1C=C[C@H]2CCC[C@@H]2[C@H]1[N+](=O)[O-]. The van der Waals surface area contributed by atoms with Gasteiger partial charge >= 0.3 is 0 Å². The van der Waals surface area contributed by atoms with Crippen molar-refractivity contribution < 1.29 is 4.92 Å². The Balaban J connectivity index is 2.24. The summed E-state index contributed by atoms with van der Waals surface area (Å²) in [5.41, 5.74) is 0. The smallest absolute Gasteiger partial charge is 0.222 e. The average molecular weight is 181 g/mol. The lowest BCUT2D eigenvalue weighted by Crippen LogP contribution is -2.38. The van der Waals surface area contributed by atoms with Crippen molar-refractivity contribution >= 4 is 0 Å². The fourth-order valence-corrected chi connectivity index (χ4v) is 2.85. The summed E-state index contributed by atoms with van der Waals surface area (Å²) in [6.45, 7) is 1.96. The molecule has 0 N–H and O–H groups in total. The zero-order valence-corrected chi connectivity index (χ0v) is 7.85. The minimum absolute atomic E-state index is 0.0723. The van der Waals surface area contributed by atoms with Gasteiger partial charge in [-0.05, 0) is 18.8 Å². The molecule has 1 saturated carbocycles. The molecule has 2 aliphatic rings. The second kappa shape index (κ2) is 3.13. The van der Waals surface area contributed by atoms with Gasteiger partial charge in [-0.15, -0.1) is 0 Å². The van der Waals surface area contributed by atoms with Crippen molar-refractivity contribution in [3.63, 3.8) is 0 Å². The minimum atomic E-state index is -0.322. The molecule has 2 aliphatic carbocycles. The van der Waals surface area contributed by atoms with Crippen LogP contribution in [0, 0.1) is 27.9 Å².